The second kappa shape index (κ2) is 3.27. The Morgan fingerprint density at radius 1 is 1.60 bits per heavy atom. The Labute approximate surface area is 60.3 Å². The van der Waals surface area contributed by atoms with Gasteiger partial charge < -0.3 is 5.73 Å². The second-order valence-corrected chi connectivity index (χ2v) is 2.72. The monoisotopic (exact) mass is 147 g/mol. The topological polar surface area (TPSA) is 41.3 Å². The van der Waals surface area contributed by atoms with Crippen molar-refractivity contribution in [2.75, 3.05) is 20.1 Å². The van der Waals surface area contributed by atoms with Gasteiger partial charge in [0.15, 0.2) is 0 Å². The van der Waals surface area contributed by atoms with Crippen LogP contribution in [0.4, 0.5) is 4.39 Å². The van der Waals surface area contributed by atoms with Crippen LogP contribution in [0.3, 0.4) is 0 Å². The van der Waals surface area contributed by atoms with E-state index in [-0.39, 0.29) is 6.04 Å². The zero-order valence-electron chi connectivity index (χ0n) is 6.18. The van der Waals surface area contributed by atoms with Crippen LogP contribution in [0.2, 0.25) is 0 Å². The van der Waals surface area contributed by atoms with Gasteiger partial charge in [-0.15, -0.1) is 0 Å². The highest BCUT2D eigenvalue weighted by Gasteiger charge is 2.23. The van der Waals surface area contributed by atoms with Crippen molar-refractivity contribution >= 4 is 0 Å². The molecule has 0 amide bonds. The summed E-state index contributed by atoms with van der Waals surface area (Å²) in [6.45, 7) is 1.21. The molecule has 4 heteroatoms. The molecule has 3 N–H and O–H groups in total. The van der Waals surface area contributed by atoms with Crippen molar-refractivity contribution in [2.24, 2.45) is 5.73 Å². The second-order valence-electron chi connectivity index (χ2n) is 2.72. The highest BCUT2D eigenvalue weighted by molar-refractivity contribution is 4.78. The lowest BCUT2D eigenvalue weighted by atomic mass is 10.1. The van der Waals surface area contributed by atoms with E-state index in [2.05, 4.69) is 5.43 Å². The number of nitrogens with zero attached hydrogens (tertiary/aromatic N) is 1. The van der Waals surface area contributed by atoms with E-state index in [1.54, 1.807) is 12.1 Å². The molecule has 0 radical (unpaired) electrons. The minimum absolute atomic E-state index is 0.0174. The fraction of sp³-hybridized carbons (Fsp3) is 1.00. The quantitative estimate of drug-likeness (QED) is 0.525. The van der Waals surface area contributed by atoms with Gasteiger partial charge in [-0.25, -0.2) is 9.40 Å². The fourth-order valence-electron chi connectivity index (χ4n) is 1.26. The SMILES string of the molecule is CNN1CC(N)CC(F)C1. The van der Waals surface area contributed by atoms with E-state index in [0.717, 1.165) is 6.54 Å². The van der Waals surface area contributed by atoms with Crippen molar-refractivity contribution < 1.29 is 4.39 Å². The minimum Gasteiger partial charge on any atom is -0.326 e. The molecule has 0 aromatic rings. The van der Waals surface area contributed by atoms with E-state index in [4.69, 9.17) is 5.73 Å². The van der Waals surface area contributed by atoms with Crippen molar-refractivity contribution in [1.82, 2.24) is 10.4 Å². The predicted molar refractivity (Wildman–Crippen MR) is 38.1 cm³/mol. The number of halogens is 1. The first-order valence-electron chi connectivity index (χ1n) is 3.54. The van der Waals surface area contributed by atoms with Gasteiger partial charge in [0.05, 0.1) is 0 Å². The van der Waals surface area contributed by atoms with Crippen LogP contribution >= 0.6 is 0 Å². The van der Waals surface area contributed by atoms with Crippen LogP contribution in [0.15, 0.2) is 0 Å². The molecule has 0 aromatic heterocycles. The van der Waals surface area contributed by atoms with Crippen LogP contribution in [-0.4, -0.2) is 37.4 Å². The van der Waals surface area contributed by atoms with Gasteiger partial charge in [0.2, 0.25) is 0 Å². The highest BCUT2D eigenvalue weighted by Crippen LogP contribution is 2.09. The average Bonchev–Trinajstić information content (AvgIpc) is 1.85. The summed E-state index contributed by atoms with van der Waals surface area (Å²) in [7, 11) is 1.78. The lowest BCUT2D eigenvalue weighted by Gasteiger charge is -2.31. The highest BCUT2D eigenvalue weighted by atomic mass is 19.1. The van der Waals surface area contributed by atoms with Gasteiger partial charge in [0.1, 0.15) is 6.17 Å². The van der Waals surface area contributed by atoms with Crippen LogP contribution in [0, 0.1) is 0 Å². The Morgan fingerprint density at radius 2 is 2.30 bits per heavy atom. The molecule has 1 heterocycles. The molecule has 0 aliphatic carbocycles. The van der Waals surface area contributed by atoms with Crippen molar-refractivity contribution in [2.45, 2.75) is 18.6 Å². The molecule has 10 heavy (non-hydrogen) atoms. The summed E-state index contributed by atoms with van der Waals surface area (Å²) in [4.78, 5) is 0. The van der Waals surface area contributed by atoms with E-state index in [1.165, 1.54) is 0 Å². The van der Waals surface area contributed by atoms with Gasteiger partial charge >= 0.3 is 0 Å². The third-order valence-electron chi connectivity index (χ3n) is 1.75. The Morgan fingerprint density at radius 3 is 2.80 bits per heavy atom. The summed E-state index contributed by atoms with van der Waals surface area (Å²) >= 11 is 0. The van der Waals surface area contributed by atoms with E-state index < -0.39 is 6.17 Å². The van der Waals surface area contributed by atoms with Gasteiger partial charge in [0.25, 0.3) is 0 Å². The van der Waals surface area contributed by atoms with Gasteiger partial charge in [-0.3, -0.25) is 5.43 Å². The maximum absolute atomic E-state index is 12.7. The maximum atomic E-state index is 12.7. The first kappa shape index (κ1) is 7.91. The predicted octanol–water partition coefficient (Wildman–Crippen LogP) is -0.508. The third kappa shape index (κ3) is 1.90. The normalized spacial score (nSPS) is 36.3. The summed E-state index contributed by atoms with van der Waals surface area (Å²) in [6.07, 6.45) is -0.269. The molecule has 1 aliphatic rings. The van der Waals surface area contributed by atoms with E-state index >= 15 is 0 Å². The number of rotatable bonds is 1. The molecule has 0 bridgehead atoms. The first-order valence-corrected chi connectivity index (χ1v) is 3.54. The van der Waals surface area contributed by atoms with Crippen molar-refractivity contribution in [3.8, 4) is 0 Å². The minimum atomic E-state index is -0.767. The summed E-state index contributed by atoms with van der Waals surface area (Å²) < 4.78 is 12.7. The molecule has 0 saturated carbocycles. The van der Waals surface area contributed by atoms with E-state index in [0.29, 0.717) is 13.0 Å². The first-order chi connectivity index (χ1) is 4.72. The molecule has 1 saturated heterocycles. The van der Waals surface area contributed by atoms with Crippen LogP contribution < -0.4 is 11.2 Å². The molecule has 0 aromatic carbocycles. The zero-order chi connectivity index (χ0) is 7.56. The molecule has 1 fully saturated rings. The third-order valence-corrected chi connectivity index (χ3v) is 1.75. The number of nitrogens with one attached hydrogen (secondary N) is 1. The number of nitrogens with two attached hydrogens (primary N) is 1. The number of piperidine rings is 1. The van der Waals surface area contributed by atoms with Gasteiger partial charge in [-0.1, -0.05) is 0 Å². The number of hydrogen-bond acceptors (Lipinski definition) is 3. The number of alkyl halides is 1. The largest absolute Gasteiger partial charge is 0.326 e. The lowest BCUT2D eigenvalue weighted by molar-refractivity contribution is 0.0889. The summed E-state index contributed by atoms with van der Waals surface area (Å²) in [5.41, 5.74) is 8.45. The van der Waals surface area contributed by atoms with Crippen LogP contribution in [-0.2, 0) is 0 Å². The molecule has 2 atom stereocenters. The molecular weight excluding hydrogens is 133 g/mol. The van der Waals surface area contributed by atoms with Gasteiger partial charge in [-0.05, 0) is 13.5 Å². The zero-order valence-corrected chi connectivity index (χ0v) is 6.18. The number of hydrogen-bond donors (Lipinski definition) is 2. The Balaban J connectivity index is 2.35. The molecule has 2 unspecified atom stereocenters. The Bertz CT molecular complexity index is 99.2. The lowest BCUT2D eigenvalue weighted by Crippen LogP contribution is -2.52. The molecule has 1 aliphatic heterocycles. The van der Waals surface area contributed by atoms with Crippen LogP contribution in [0.25, 0.3) is 0 Å². The van der Waals surface area contributed by atoms with E-state index in [1.807, 2.05) is 0 Å². The maximum Gasteiger partial charge on any atom is 0.116 e. The molecule has 60 valence electrons. The molecular formula is C6H14FN3. The smallest absolute Gasteiger partial charge is 0.116 e. The summed E-state index contributed by atoms with van der Waals surface area (Å²) in [5, 5.41) is 1.80. The molecule has 3 nitrogen and oxygen atoms in total. The summed E-state index contributed by atoms with van der Waals surface area (Å²) in [5.74, 6) is 0. The standard InChI is InChI=1S/C6H14FN3/c1-9-10-3-5(7)2-6(8)4-10/h5-6,9H,2-4,8H2,1H3. The van der Waals surface area contributed by atoms with Crippen molar-refractivity contribution in [1.29, 1.82) is 0 Å². The Hall–Kier alpha value is -0.190. The van der Waals surface area contributed by atoms with Crippen LogP contribution in [0.1, 0.15) is 6.42 Å². The van der Waals surface area contributed by atoms with Gasteiger partial charge in [-0.2, -0.15) is 0 Å². The summed E-state index contributed by atoms with van der Waals surface area (Å²) in [6, 6.07) is -0.0174. The van der Waals surface area contributed by atoms with Gasteiger partial charge in [0, 0.05) is 19.1 Å². The number of hydrazine groups is 1. The molecule has 1 rings (SSSR count). The van der Waals surface area contributed by atoms with Crippen molar-refractivity contribution in [3.63, 3.8) is 0 Å². The van der Waals surface area contributed by atoms with E-state index in [9.17, 15) is 4.39 Å². The average molecular weight is 147 g/mol. The van der Waals surface area contributed by atoms with Crippen LogP contribution in [0.5, 0.6) is 0 Å². The Kier molecular flexibility index (Phi) is 2.59. The molecule has 0 spiro atoms. The fourth-order valence-corrected chi connectivity index (χ4v) is 1.26. The van der Waals surface area contributed by atoms with Crippen molar-refractivity contribution in [3.05, 3.63) is 0 Å².